The number of carbonyl (C=O) groups excluding carboxylic acids is 1. The second-order valence-corrected chi connectivity index (χ2v) is 7.09. The second-order valence-electron chi connectivity index (χ2n) is 6.10. The Bertz CT molecular complexity index is 715. The largest absolute Gasteiger partial charge is 0.481 e. The summed E-state index contributed by atoms with van der Waals surface area (Å²) in [6.07, 6.45) is 0.433. The summed E-state index contributed by atoms with van der Waals surface area (Å²) < 4.78 is 0. The Morgan fingerprint density at radius 3 is 2.17 bits per heavy atom. The quantitative estimate of drug-likeness (QED) is 0.844. The van der Waals surface area contributed by atoms with Gasteiger partial charge < -0.3 is 5.11 Å². The summed E-state index contributed by atoms with van der Waals surface area (Å²) in [5.41, 5.74) is 4.69. The standard InChI is InChI=1S/C20H22O3S/c1-13-9-14(2)18(15(3)10-13)20(23)24-12-17(19(21)22)11-16-7-5-4-6-8-16/h4-10,17H,11-12H2,1-3H3,(H,21,22). The molecule has 0 fully saturated rings. The van der Waals surface area contributed by atoms with Crippen LogP contribution >= 0.6 is 11.8 Å². The van der Waals surface area contributed by atoms with E-state index in [0.29, 0.717) is 12.0 Å². The topological polar surface area (TPSA) is 54.4 Å². The molecule has 4 heteroatoms. The van der Waals surface area contributed by atoms with Crippen molar-refractivity contribution in [2.75, 3.05) is 5.75 Å². The molecule has 2 rings (SSSR count). The van der Waals surface area contributed by atoms with Crippen LogP contribution in [0.25, 0.3) is 0 Å². The highest BCUT2D eigenvalue weighted by Crippen LogP contribution is 2.24. The minimum absolute atomic E-state index is 0.0516. The van der Waals surface area contributed by atoms with E-state index in [0.717, 1.165) is 34.0 Å². The third kappa shape index (κ3) is 4.71. The molecule has 0 radical (unpaired) electrons. The van der Waals surface area contributed by atoms with Gasteiger partial charge in [0, 0.05) is 11.3 Å². The van der Waals surface area contributed by atoms with Crippen LogP contribution in [0.2, 0.25) is 0 Å². The molecule has 0 saturated heterocycles. The number of carbonyl (C=O) groups is 2. The van der Waals surface area contributed by atoms with Crippen molar-refractivity contribution in [1.29, 1.82) is 0 Å². The van der Waals surface area contributed by atoms with Crippen molar-refractivity contribution in [3.8, 4) is 0 Å². The van der Waals surface area contributed by atoms with Gasteiger partial charge in [0.15, 0.2) is 0 Å². The summed E-state index contributed by atoms with van der Waals surface area (Å²) in [5.74, 6) is -1.17. The third-order valence-corrected chi connectivity index (χ3v) is 5.01. The van der Waals surface area contributed by atoms with Crippen LogP contribution in [-0.2, 0) is 11.2 Å². The van der Waals surface area contributed by atoms with Gasteiger partial charge in [-0.15, -0.1) is 0 Å². The number of carboxylic acid groups (broad SMARTS) is 1. The second kappa shape index (κ2) is 8.15. The van der Waals surface area contributed by atoms with E-state index < -0.39 is 11.9 Å². The molecule has 0 saturated carbocycles. The minimum atomic E-state index is -0.864. The summed E-state index contributed by atoms with van der Waals surface area (Å²) in [4.78, 5) is 24.1. The molecule has 2 aromatic rings. The zero-order chi connectivity index (χ0) is 17.7. The molecule has 24 heavy (non-hydrogen) atoms. The lowest BCUT2D eigenvalue weighted by Crippen LogP contribution is -2.20. The Morgan fingerprint density at radius 2 is 1.62 bits per heavy atom. The van der Waals surface area contributed by atoms with Crippen LogP contribution in [0.1, 0.15) is 32.6 Å². The maximum absolute atomic E-state index is 12.5. The summed E-state index contributed by atoms with van der Waals surface area (Å²) >= 11 is 1.10. The molecule has 0 aromatic heterocycles. The van der Waals surface area contributed by atoms with E-state index in [4.69, 9.17) is 0 Å². The number of hydrogen-bond donors (Lipinski definition) is 1. The predicted molar refractivity (Wildman–Crippen MR) is 98.7 cm³/mol. The fraction of sp³-hybridized carbons (Fsp3) is 0.300. The van der Waals surface area contributed by atoms with Crippen LogP contribution in [0.3, 0.4) is 0 Å². The van der Waals surface area contributed by atoms with E-state index in [-0.39, 0.29) is 10.9 Å². The predicted octanol–water partition coefficient (Wildman–Crippen LogP) is 4.43. The number of hydrogen-bond acceptors (Lipinski definition) is 3. The highest BCUT2D eigenvalue weighted by Gasteiger charge is 2.21. The van der Waals surface area contributed by atoms with E-state index in [9.17, 15) is 14.7 Å². The highest BCUT2D eigenvalue weighted by molar-refractivity contribution is 8.14. The monoisotopic (exact) mass is 342 g/mol. The smallest absolute Gasteiger partial charge is 0.307 e. The van der Waals surface area contributed by atoms with E-state index in [1.165, 1.54) is 0 Å². The van der Waals surface area contributed by atoms with Crippen LogP contribution in [-0.4, -0.2) is 21.9 Å². The van der Waals surface area contributed by atoms with Gasteiger partial charge in [-0.2, -0.15) is 0 Å². The average Bonchev–Trinajstić information content (AvgIpc) is 2.51. The zero-order valence-electron chi connectivity index (χ0n) is 14.2. The van der Waals surface area contributed by atoms with Crippen molar-refractivity contribution in [1.82, 2.24) is 0 Å². The first-order valence-electron chi connectivity index (χ1n) is 7.90. The number of benzene rings is 2. The summed E-state index contributed by atoms with van der Waals surface area (Å²) in [5, 5.41) is 9.39. The number of thioether (sulfide) groups is 1. The fourth-order valence-corrected chi connectivity index (χ4v) is 3.95. The molecule has 0 aliphatic heterocycles. The molecule has 0 aliphatic rings. The molecule has 3 nitrogen and oxygen atoms in total. The van der Waals surface area contributed by atoms with Crippen molar-refractivity contribution in [2.24, 2.45) is 5.92 Å². The van der Waals surface area contributed by atoms with Gasteiger partial charge in [-0.3, -0.25) is 9.59 Å². The minimum Gasteiger partial charge on any atom is -0.481 e. The Hall–Kier alpha value is -2.07. The first kappa shape index (κ1) is 18.3. The first-order valence-corrected chi connectivity index (χ1v) is 8.88. The summed E-state index contributed by atoms with van der Waals surface area (Å²) in [7, 11) is 0. The van der Waals surface area contributed by atoms with Gasteiger partial charge in [0.25, 0.3) is 0 Å². The molecule has 0 amide bonds. The van der Waals surface area contributed by atoms with E-state index in [2.05, 4.69) is 0 Å². The molecule has 0 aliphatic carbocycles. The zero-order valence-corrected chi connectivity index (χ0v) is 15.0. The number of aryl methyl sites for hydroxylation is 3. The fourth-order valence-electron chi connectivity index (χ4n) is 2.87. The van der Waals surface area contributed by atoms with Crippen LogP contribution in [0.15, 0.2) is 42.5 Å². The van der Waals surface area contributed by atoms with E-state index in [1.807, 2.05) is 63.2 Å². The Morgan fingerprint density at radius 1 is 1.04 bits per heavy atom. The normalized spacial score (nSPS) is 12.0. The van der Waals surface area contributed by atoms with Gasteiger partial charge in [-0.05, 0) is 43.9 Å². The van der Waals surface area contributed by atoms with Gasteiger partial charge in [-0.25, -0.2) is 0 Å². The molecule has 1 unspecified atom stereocenters. The van der Waals surface area contributed by atoms with Gasteiger partial charge in [-0.1, -0.05) is 59.8 Å². The van der Waals surface area contributed by atoms with Crippen molar-refractivity contribution < 1.29 is 14.7 Å². The summed E-state index contributed by atoms with van der Waals surface area (Å²) in [6, 6.07) is 13.5. The highest BCUT2D eigenvalue weighted by atomic mass is 32.2. The van der Waals surface area contributed by atoms with Crippen LogP contribution in [0.5, 0.6) is 0 Å². The van der Waals surface area contributed by atoms with Crippen LogP contribution in [0, 0.1) is 26.7 Å². The van der Waals surface area contributed by atoms with Crippen molar-refractivity contribution in [3.05, 3.63) is 70.3 Å². The first-order chi connectivity index (χ1) is 11.4. The molecule has 0 heterocycles. The molecule has 1 N–H and O–H groups in total. The molecule has 1 atom stereocenters. The molecule has 2 aromatic carbocycles. The van der Waals surface area contributed by atoms with Crippen molar-refractivity contribution in [3.63, 3.8) is 0 Å². The SMILES string of the molecule is Cc1cc(C)c(C(=O)SCC(Cc2ccccc2)C(=O)O)c(C)c1. The lowest BCUT2D eigenvalue weighted by Gasteiger charge is -2.13. The molecule has 0 spiro atoms. The Balaban J connectivity index is 2.07. The van der Waals surface area contributed by atoms with Gasteiger partial charge in [0.2, 0.25) is 5.12 Å². The van der Waals surface area contributed by atoms with Gasteiger partial charge in [0.05, 0.1) is 5.92 Å². The molecular weight excluding hydrogens is 320 g/mol. The van der Waals surface area contributed by atoms with Crippen molar-refractivity contribution >= 4 is 22.8 Å². The van der Waals surface area contributed by atoms with Crippen LogP contribution < -0.4 is 0 Å². The van der Waals surface area contributed by atoms with Crippen molar-refractivity contribution in [2.45, 2.75) is 27.2 Å². The number of aliphatic carboxylic acids is 1. The molecule has 126 valence electrons. The maximum atomic E-state index is 12.5. The third-order valence-electron chi connectivity index (χ3n) is 3.97. The van der Waals surface area contributed by atoms with E-state index >= 15 is 0 Å². The Kier molecular flexibility index (Phi) is 6.21. The molecular formula is C20H22O3S. The molecule has 0 bridgehead atoms. The average molecular weight is 342 g/mol. The number of rotatable bonds is 6. The Labute approximate surface area is 147 Å². The summed E-state index contributed by atoms with van der Waals surface area (Å²) in [6.45, 7) is 5.85. The lowest BCUT2D eigenvalue weighted by molar-refractivity contribution is -0.140. The van der Waals surface area contributed by atoms with E-state index in [1.54, 1.807) is 0 Å². The maximum Gasteiger partial charge on any atom is 0.307 e. The lowest BCUT2D eigenvalue weighted by atomic mass is 10.0. The van der Waals surface area contributed by atoms with Gasteiger partial charge >= 0.3 is 5.97 Å². The van der Waals surface area contributed by atoms with Gasteiger partial charge in [0.1, 0.15) is 0 Å². The number of carboxylic acids is 1. The van der Waals surface area contributed by atoms with Crippen LogP contribution in [0.4, 0.5) is 0 Å².